The molecule has 3 rings (SSSR count). The summed E-state index contributed by atoms with van der Waals surface area (Å²) >= 11 is 0. The average Bonchev–Trinajstić information content (AvgIpc) is 2.58. The first kappa shape index (κ1) is 16.4. The van der Waals surface area contributed by atoms with Crippen LogP contribution in [0.3, 0.4) is 0 Å². The lowest BCUT2D eigenvalue weighted by molar-refractivity contribution is -0.139. The van der Waals surface area contributed by atoms with E-state index in [1.54, 1.807) is 0 Å². The molecule has 0 bridgehead atoms. The third kappa shape index (κ3) is 3.91. The van der Waals surface area contributed by atoms with Crippen molar-refractivity contribution in [1.29, 1.82) is 0 Å². The van der Waals surface area contributed by atoms with Gasteiger partial charge < -0.3 is 15.1 Å². The fraction of sp³-hybridized carbons (Fsp3) is 0.611. The van der Waals surface area contributed by atoms with Crippen molar-refractivity contribution in [2.24, 2.45) is 0 Å². The van der Waals surface area contributed by atoms with E-state index in [-0.39, 0.29) is 11.9 Å². The Morgan fingerprint density at radius 1 is 1.13 bits per heavy atom. The number of hydrogen-bond acceptors (Lipinski definition) is 4. The smallest absolute Gasteiger partial charge is 0.244 e. The minimum atomic E-state index is -0.143. The highest BCUT2D eigenvalue weighted by Gasteiger charge is 2.34. The van der Waals surface area contributed by atoms with Gasteiger partial charge in [-0.15, -0.1) is 0 Å². The molecule has 1 aromatic rings. The standard InChI is InChI=1S/C18H28N4O/c1-15-14-22(9-8-19-15)18(23)17(16-6-4-3-5-7-16)21-12-10-20(2)11-13-21/h3-7,15,17,19H,8-14H2,1-2H3. The molecule has 2 unspecified atom stereocenters. The van der Waals surface area contributed by atoms with Crippen LogP contribution in [0.1, 0.15) is 18.5 Å². The monoisotopic (exact) mass is 316 g/mol. The number of nitrogens with zero attached hydrogens (tertiary/aromatic N) is 3. The van der Waals surface area contributed by atoms with Gasteiger partial charge in [0, 0.05) is 51.9 Å². The lowest BCUT2D eigenvalue weighted by Crippen LogP contribution is -2.56. The van der Waals surface area contributed by atoms with Crippen LogP contribution in [0, 0.1) is 0 Å². The van der Waals surface area contributed by atoms with Crippen molar-refractivity contribution in [3.05, 3.63) is 35.9 Å². The lowest BCUT2D eigenvalue weighted by atomic mass is 10.0. The Hall–Kier alpha value is -1.43. The first-order valence-corrected chi connectivity index (χ1v) is 8.65. The SMILES string of the molecule is CC1CN(C(=O)C(c2ccccc2)N2CCN(C)CC2)CCN1. The summed E-state index contributed by atoms with van der Waals surface area (Å²) in [4.78, 5) is 20.0. The van der Waals surface area contributed by atoms with Crippen LogP contribution in [0.5, 0.6) is 0 Å². The average molecular weight is 316 g/mol. The van der Waals surface area contributed by atoms with E-state index in [9.17, 15) is 4.79 Å². The van der Waals surface area contributed by atoms with Gasteiger partial charge in [0.1, 0.15) is 6.04 Å². The Bertz CT molecular complexity index is 513. The Labute approximate surface area is 139 Å². The number of likely N-dealkylation sites (N-methyl/N-ethyl adjacent to an activating group) is 1. The summed E-state index contributed by atoms with van der Waals surface area (Å²) in [6, 6.07) is 10.5. The summed E-state index contributed by atoms with van der Waals surface area (Å²) in [6.07, 6.45) is 0. The van der Waals surface area contributed by atoms with Gasteiger partial charge in [-0.1, -0.05) is 30.3 Å². The van der Waals surface area contributed by atoms with Gasteiger partial charge in [0.15, 0.2) is 0 Å². The van der Waals surface area contributed by atoms with Gasteiger partial charge in [-0.25, -0.2) is 0 Å². The van der Waals surface area contributed by atoms with Crippen LogP contribution in [-0.2, 0) is 4.79 Å². The summed E-state index contributed by atoms with van der Waals surface area (Å²) in [6.45, 7) is 8.58. The minimum Gasteiger partial charge on any atom is -0.338 e. The molecule has 0 aliphatic carbocycles. The van der Waals surface area contributed by atoms with Crippen molar-refractivity contribution < 1.29 is 4.79 Å². The Morgan fingerprint density at radius 3 is 2.48 bits per heavy atom. The Balaban J connectivity index is 1.81. The third-order valence-electron chi connectivity index (χ3n) is 4.93. The van der Waals surface area contributed by atoms with Crippen LogP contribution in [0.4, 0.5) is 0 Å². The number of carbonyl (C=O) groups is 1. The van der Waals surface area contributed by atoms with Crippen molar-refractivity contribution in [2.75, 3.05) is 52.9 Å². The summed E-state index contributed by atoms with van der Waals surface area (Å²) in [5.74, 6) is 0.258. The first-order valence-electron chi connectivity index (χ1n) is 8.65. The number of hydrogen-bond donors (Lipinski definition) is 1. The Kier molecular flexibility index (Phi) is 5.30. The van der Waals surface area contributed by atoms with E-state index in [0.29, 0.717) is 6.04 Å². The molecule has 1 amide bonds. The van der Waals surface area contributed by atoms with Crippen molar-refractivity contribution >= 4 is 5.91 Å². The summed E-state index contributed by atoms with van der Waals surface area (Å²) < 4.78 is 0. The van der Waals surface area contributed by atoms with Crippen molar-refractivity contribution in [1.82, 2.24) is 20.0 Å². The van der Waals surface area contributed by atoms with E-state index in [1.807, 2.05) is 23.1 Å². The number of carbonyl (C=O) groups excluding carboxylic acids is 1. The van der Waals surface area contributed by atoms with Gasteiger partial charge in [-0.05, 0) is 19.5 Å². The van der Waals surface area contributed by atoms with Gasteiger partial charge in [-0.2, -0.15) is 0 Å². The molecule has 126 valence electrons. The van der Waals surface area contributed by atoms with Crippen LogP contribution in [0.25, 0.3) is 0 Å². The molecule has 5 nitrogen and oxygen atoms in total. The van der Waals surface area contributed by atoms with Gasteiger partial charge >= 0.3 is 0 Å². The van der Waals surface area contributed by atoms with Gasteiger partial charge in [0.2, 0.25) is 5.91 Å². The summed E-state index contributed by atoms with van der Waals surface area (Å²) in [7, 11) is 2.15. The largest absolute Gasteiger partial charge is 0.338 e. The quantitative estimate of drug-likeness (QED) is 0.895. The van der Waals surface area contributed by atoms with E-state index >= 15 is 0 Å². The molecule has 1 N–H and O–H groups in total. The molecule has 0 radical (unpaired) electrons. The normalized spacial score (nSPS) is 25.3. The second-order valence-electron chi connectivity index (χ2n) is 6.79. The number of amides is 1. The van der Waals surface area contributed by atoms with Crippen LogP contribution in [-0.4, -0.2) is 79.5 Å². The predicted molar refractivity (Wildman–Crippen MR) is 92.3 cm³/mol. The highest BCUT2D eigenvalue weighted by molar-refractivity contribution is 5.83. The number of rotatable bonds is 3. The van der Waals surface area contributed by atoms with E-state index in [1.165, 1.54) is 0 Å². The predicted octanol–water partition coefficient (Wildman–Crippen LogP) is 0.795. The molecule has 23 heavy (non-hydrogen) atoms. The number of nitrogens with one attached hydrogen (secondary N) is 1. The maximum Gasteiger partial charge on any atom is 0.244 e. The van der Waals surface area contributed by atoms with E-state index in [2.05, 4.69) is 41.2 Å². The van der Waals surface area contributed by atoms with Crippen LogP contribution < -0.4 is 5.32 Å². The molecular formula is C18H28N4O. The van der Waals surface area contributed by atoms with E-state index in [4.69, 9.17) is 0 Å². The molecule has 2 saturated heterocycles. The molecule has 2 aliphatic rings. The molecular weight excluding hydrogens is 288 g/mol. The van der Waals surface area contributed by atoms with Gasteiger partial charge in [-0.3, -0.25) is 9.69 Å². The van der Waals surface area contributed by atoms with E-state index in [0.717, 1.165) is 51.4 Å². The number of benzene rings is 1. The zero-order valence-electron chi connectivity index (χ0n) is 14.2. The lowest BCUT2D eigenvalue weighted by Gasteiger charge is -2.41. The maximum atomic E-state index is 13.3. The second-order valence-corrected chi connectivity index (χ2v) is 6.79. The molecule has 0 saturated carbocycles. The second kappa shape index (κ2) is 7.43. The highest BCUT2D eigenvalue weighted by Crippen LogP contribution is 2.25. The third-order valence-corrected chi connectivity index (χ3v) is 4.93. The zero-order chi connectivity index (χ0) is 16.2. The van der Waals surface area contributed by atoms with Gasteiger partial charge in [0.25, 0.3) is 0 Å². The molecule has 0 spiro atoms. The molecule has 1 aromatic carbocycles. The highest BCUT2D eigenvalue weighted by atomic mass is 16.2. The van der Waals surface area contributed by atoms with Crippen LogP contribution >= 0.6 is 0 Å². The first-order chi connectivity index (χ1) is 11.1. The molecule has 2 fully saturated rings. The van der Waals surface area contributed by atoms with Crippen molar-refractivity contribution in [3.63, 3.8) is 0 Å². The molecule has 0 aromatic heterocycles. The summed E-state index contributed by atoms with van der Waals surface area (Å²) in [5, 5.41) is 3.42. The minimum absolute atomic E-state index is 0.143. The number of piperazine rings is 2. The fourth-order valence-electron chi connectivity index (χ4n) is 3.53. The molecule has 2 atom stereocenters. The zero-order valence-corrected chi connectivity index (χ0v) is 14.2. The maximum absolute atomic E-state index is 13.3. The van der Waals surface area contributed by atoms with Gasteiger partial charge in [0.05, 0.1) is 0 Å². The fourth-order valence-corrected chi connectivity index (χ4v) is 3.53. The molecule has 5 heteroatoms. The topological polar surface area (TPSA) is 38.8 Å². The molecule has 2 aliphatic heterocycles. The Morgan fingerprint density at radius 2 is 1.83 bits per heavy atom. The van der Waals surface area contributed by atoms with Crippen LogP contribution in [0.2, 0.25) is 0 Å². The van der Waals surface area contributed by atoms with Crippen molar-refractivity contribution in [2.45, 2.75) is 19.0 Å². The van der Waals surface area contributed by atoms with Crippen LogP contribution in [0.15, 0.2) is 30.3 Å². The van der Waals surface area contributed by atoms with Crippen molar-refractivity contribution in [3.8, 4) is 0 Å². The van der Waals surface area contributed by atoms with E-state index < -0.39 is 0 Å². The summed E-state index contributed by atoms with van der Waals surface area (Å²) in [5.41, 5.74) is 1.12. The molecule has 2 heterocycles.